The maximum atomic E-state index is 11.7. The third kappa shape index (κ3) is 4.51. The van der Waals surface area contributed by atoms with Gasteiger partial charge in [-0.1, -0.05) is 18.2 Å². The van der Waals surface area contributed by atoms with E-state index in [1.165, 1.54) is 17.4 Å². The van der Waals surface area contributed by atoms with Crippen LogP contribution in [0.3, 0.4) is 0 Å². The summed E-state index contributed by atoms with van der Waals surface area (Å²) >= 11 is 6.57. The molecule has 0 fully saturated rings. The van der Waals surface area contributed by atoms with Gasteiger partial charge in [-0.25, -0.2) is 0 Å². The molecule has 22 heavy (non-hydrogen) atoms. The first-order chi connectivity index (χ1) is 10.6. The van der Waals surface area contributed by atoms with Crippen LogP contribution in [-0.2, 0) is 4.79 Å². The van der Waals surface area contributed by atoms with Crippen molar-refractivity contribution in [1.82, 2.24) is 5.32 Å². The maximum absolute atomic E-state index is 11.7. The second-order valence-electron chi connectivity index (χ2n) is 4.20. The number of hydrogen-bond acceptors (Lipinski definition) is 4. The van der Waals surface area contributed by atoms with Crippen molar-refractivity contribution in [1.29, 1.82) is 0 Å². The van der Waals surface area contributed by atoms with Crippen molar-refractivity contribution in [2.24, 2.45) is 5.73 Å². The first-order valence-electron chi connectivity index (χ1n) is 6.28. The molecule has 2 rings (SSSR count). The van der Waals surface area contributed by atoms with Crippen LogP contribution in [0.4, 0.5) is 5.69 Å². The molecule has 5 nitrogen and oxygen atoms in total. The summed E-state index contributed by atoms with van der Waals surface area (Å²) in [5.74, 6) is -0.933. The molecule has 7 heteroatoms. The van der Waals surface area contributed by atoms with Crippen molar-refractivity contribution in [3.05, 3.63) is 58.3 Å². The predicted octanol–water partition coefficient (Wildman–Crippen LogP) is 2.37. The van der Waals surface area contributed by atoms with Crippen LogP contribution in [0.5, 0.6) is 0 Å². The van der Waals surface area contributed by atoms with E-state index in [1.807, 2.05) is 17.5 Å². The highest BCUT2D eigenvalue weighted by Crippen LogP contribution is 2.14. The molecule has 0 bridgehead atoms. The highest BCUT2D eigenvalue weighted by atomic mass is 32.1. The molecule has 0 unspecified atom stereocenters. The summed E-state index contributed by atoms with van der Waals surface area (Å²) in [6, 6.07) is 10.4. The van der Waals surface area contributed by atoms with Gasteiger partial charge in [0, 0.05) is 11.0 Å². The lowest BCUT2D eigenvalue weighted by molar-refractivity contribution is -0.115. The minimum absolute atomic E-state index is 0.0922. The van der Waals surface area contributed by atoms with Crippen molar-refractivity contribution >= 4 is 52.2 Å². The second-order valence-corrected chi connectivity index (χ2v) is 5.59. The number of thiocarbonyl (C=S) groups is 1. The number of para-hydroxylation sites is 1. The van der Waals surface area contributed by atoms with Crippen molar-refractivity contribution in [2.75, 3.05) is 5.32 Å². The van der Waals surface area contributed by atoms with Crippen molar-refractivity contribution in [3.63, 3.8) is 0 Å². The van der Waals surface area contributed by atoms with E-state index in [0.29, 0.717) is 11.3 Å². The van der Waals surface area contributed by atoms with Crippen LogP contribution in [0, 0.1) is 0 Å². The van der Waals surface area contributed by atoms with Crippen molar-refractivity contribution < 1.29 is 9.59 Å². The van der Waals surface area contributed by atoms with Crippen LogP contribution in [0.15, 0.2) is 47.9 Å². The Morgan fingerprint density at radius 1 is 1.18 bits per heavy atom. The largest absolute Gasteiger partial charge is 0.366 e. The predicted molar refractivity (Wildman–Crippen MR) is 92.7 cm³/mol. The average Bonchev–Trinajstić information content (AvgIpc) is 2.98. The van der Waals surface area contributed by atoms with Crippen LogP contribution in [0.1, 0.15) is 15.2 Å². The van der Waals surface area contributed by atoms with Gasteiger partial charge in [0.15, 0.2) is 5.11 Å². The molecule has 1 heterocycles. The van der Waals surface area contributed by atoms with E-state index in [2.05, 4.69) is 10.6 Å². The summed E-state index contributed by atoms with van der Waals surface area (Å²) in [5, 5.41) is 7.30. The number of benzene rings is 1. The number of anilines is 1. The van der Waals surface area contributed by atoms with Crippen LogP contribution < -0.4 is 16.4 Å². The molecule has 2 aromatic rings. The topological polar surface area (TPSA) is 84.2 Å². The summed E-state index contributed by atoms with van der Waals surface area (Å²) < 4.78 is 0. The standard InChI is InChI=1S/C15H13N3O2S2/c16-14(20)11-5-1-2-6-12(11)17-15(21)18-13(19)8-7-10-4-3-9-22-10/h1-9H,(H2,16,20)(H2,17,18,19,21)/b8-7+. The molecular weight excluding hydrogens is 318 g/mol. The highest BCUT2D eigenvalue weighted by molar-refractivity contribution is 7.80. The Labute approximate surface area is 136 Å². The first-order valence-corrected chi connectivity index (χ1v) is 7.57. The lowest BCUT2D eigenvalue weighted by atomic mass is 10.1. The van der Waals surface area contributed by atoms with Gasteiger partial charge in [0.05, 0.1) is 11.3 Å². The highest BCUT2D eigenvalue weighted by Gasteiger charge is 2.09. The van der Waals surface area contributed by atoms with Crippen LogP contribution in [0.25, 0.3) is 6.08 Å². The number of carbonyl (C=O) groups is 2. The zero-order valence-corrected chi connectivity index (χ0v) is 13.0. The molecule has 0 spiro atoms. The monoisotopic (exact) mass is 331 g/mol. The number of thiophene rings is 1. The average molecular weight is 331 g/mol. The van der Waals surface area contributed by atoms with Crippen LogP contribution in [0.2, 0.25) is 0 Å². The number of nitrogens with two attached hydrogens (primary N) is 1. The van der Waals surface area contributed by atoms with Gasteiger partial charge < -0.3 is 11.1 Å². The molecule has 0 saturated heterocycles. The van der Waals surface area contributed by atoms with Gasteiger partial charge in [0.2, 0.25) is 5.91 Å². The van der Waals surface area contributed by atoms with Gasteiger partial charge in [0.1, 0.15) is 0 Å². The Balaban J connectivity index is 1.96. The number of primary amides is 1. The van der Waals surface area contributed by atoms with Crippen LogP contribution in [-0.4, -0.2) is 16.9 Å². The van der Waals surface area contributed by atoms with E-state index in [-0.39, 0.29) is 11.0 Å². The Bertz CT molecular complexity index is 724. The Kier molecular flexibility index (Phi) is 5.40. The number of hydrogen-bond donors (Lipinski definition) is 3. The van der Waals surface area contributed by atoms with Crippen molar-refractivity contribution in [3.8, 4) is 0 Å². The molecule has 1 aromatic heterocycles. The summed E-state index contributed by atoms with van der Waals surface area (Å²) in [6.07, 6.45) is 3.08. The molecule has 0 aliphatic carbocycles. The molecule has 0 aliphatic rings. The zero-order chi connectivity index (χ0) is 15.9. The third-order valence-corrected chi connectivity index (χ3v) is 3.66. The van der Waals surface area contributed by atoms with Gasteiger partial charge >= 0.3 is 0 Å². The van der Waals surface area contributed by atoms with Crippen LogP contribution >= 0.6 is 23.6 Å². The molecule has 112 valence electrons. The molecule has 0 radical (unpaired) electrons. The number of nitrogens with one attached hydrogen (secondary N) is 2. The third-order valence-electron chi connectivity index (χ3n) is 2.62. The lowest BCUT2D eigenvalue weighted by Crippen LogP contribution is -2.33. The number of amides is 2. The SMILES string of the molecule is NC(=O)c1ccccc1NC(=S)NC(=O)/C=C/c1cccs1. The number of carbonyl (C=O) groups excluding carboxylic acids is 2. The molecule has 2 amide bonds. The summed E-state index contributed by atoms with van der Waals surface area (Å²) in [6.45, 7) is 0. The van der Waals surface area contributed by atoms with E-state index in [0.717, 1.165) is 4.88 Å². The Hall–Kier alpha value is -2.51. The molecule has 0 saturated carbocycles. The molecule has 4 N–H and O–H groups in total. The first kappa shape index (κ1) is 15.9. The quantitative estimate of drug-likeness (QED) is 0.593. The summed E-state index contributed by atoms with van der Waals surface area (Å²) in [4.78, 5) is 24.0. The van der Waals surface area contributed by atoms with Gasteiger partial charge in [-0.15, -0.1) is 11.3 Å². The Morgan fingerprint density at radius 2 is 1.95 bits per heavy atom. The van der Waals surface area contributed by atoms with Gasteiger partial charge in [-0.2, -0.15) is 0 Å². The minimum Gasteiger partial charge on any atom is -0.366 e. The smallest absolute Gasteiger partial charge is 0.250 e. The normalized spacial score (nSPS) is 10.4. The molecular formula is C15H13N3O2S2. The Morgan fingerprint density at radius 3 is 2.64 bits per heavy atom. The summed E-state index contributed by atoms with van der Waals surface area (Å²) in [5.41, 5.74) is 6.02. The fraction of sp³-hybridized carbons (Fsp3) is 0. The van der Waals surface area contributed by atoms with E-state index < -0.39 is 5.91 Å². The van der Waals surface area contributed by atoms with Crippen molar-refractivity contribution in [2.45, 2.75) is 0 Å². The summed E-state index contributed by atoms with van der Waals surface area (Å²) in [7, 11) is 0. The van der Waals surface area contributed by atoms with E-state index in [4.69, 9.17) is 18.0 Å². The fourth-order valence-electron chi connectivity index (χ4n) is 1.66. The fourth-order valence-corrected chi connectivity index (χ4v) is 2.49. The number of rotatable bonds is 4. The van der Waals surface area contributed by atoms with E-state index in [1.54, 1.807) is 30.3 Å². The van der Waals surface area contributed by atoms with E-state index in [9.17, 15) is 9.59 Å². The van der Waals surface area contributed by atoms with Gasteiger partial charge in [0.25, 0.3) is 5.91 Å². The maximum Gasteiger partial charge on any atom is 0.250 e. The molecule has 1 aromatic carbocycles. The zero-order valence-electron chi connectivity index (χ0n) is 11.4. The lowest BCUT2D eigenvalue weighted by Gasteiger charge is -2.10. The second kappa shape index (κ2) is 7.48. The van der Waals surface area contributed by atoms with E-state index >= 15 is 0 Å². The van der Waals surface area contributed by atoms with Gasteiger partial charge in [-0.3, -0.25) is 14.9 Å². The molecule has 0 atom stereocenters. The molecule has 0 aliphatic heterocycles. The van der Waals surface area contributed by atoms with Gasteiger partial charge in [-0.05, 0) is 41.9 Å². The minimum atomic E-state index is -0.574.